The van der Waals surface area contributed by atoms with E-state index in [9.17, 15) is 9.59 Å². The summed E-state index contributed by atoms with van der Waals surface area (Å²) in [6.45, 7) is 9.16. The smallest absolute Gasteiger partial charge is 0.408 e. The van der Waals surface area contributed by atoms with E-state index >= 15 is 0 Å². The summed E-state index contributed by atoms with van der Waals surface area (Å²) in [5, 5.41) is 16.0. The van der Waals surface area contributed by atoms with Gasteiger partial charge in [0.15, 0.2) is 0 Å². The number of aromatic nitrogens is 2. The van der Waals surface area contributed by atoms with Gasteiger partial charge in [0.25, 0.3) is 0 Å². The number of amides is 1. The Morgan fingerprint density at radius 1 is 1.38 bits per heavy atom. The molecule has 21 heavy (non-hydrogen) atoms. The van der Waals surface area contributed by atoms with E-state index in [0.29, 0.717) is 5.69 Å². The molecule has 0 aliphatic heterocycles. The molecule has 1 amide bonds. The number of hydrogen-bond donors (Lipinski definition) is 2. The third-order valence-electron chi connectivity index (χ3n) is 2.78. The van der Waals surface area contributed by atoms with E-state index in [1.54, 1.807) is 27.8 Å². The van der Waals surface area contributed by atoms with Crippen LogP contribution in [0.1, 0.15) is 56.8 Å². The first-order valence-corrected chi connectivity index (χ1v) is 6.78. The van der Waals surface area contributed by atoms with E-state index in [1.807, 2.05) is 13.8 Å². The Balaban J connectivity index is 2.95. The molecule has 0 aliphatic carbocycles. The molecule has 7 nitrogen and oxygen atoms in total. The number of nitrogens with one attached hydrogen (secondary N) is 1. The molecular formula is C14H23N3O4. The van der Waals surface area contributed by atoms with Gasteiger partial charge < -0.3 is 15.2 Å². The predicted octanol–water partition coefficient (Wildman–Crippen LogP) is 2.34. The summed E-state index contributed by atoms with van der Waals surface area (Å²) in [6, 6.07) is 1.05. The number of aromatic carboxylic acids is 1. The Kier molecular flexibility index (Phi) is 4.98. The largest absolute Gasteiger partial charge is 0.477 e. The number of aryl methyl sites for hydroxylation is 1. The van der Waals surface area contributed by atoms with E-state index < -0.39 is 23.7 Å². The average molecular weight is 297 g/mol. The number of ether oxygens (including phenoxy) is 1. The highest BCUT2D eigenvalue weighted by Gasteiger charge is 2.26. The van der Waals surface area contributed by atoms with Crippen molar-refractivity contribution < 1.29 is 19.4 Å². The second-order valence-electron chi connectivity index (χ2n) is 6.25. The number of carboxylic acids is 1. The highest BCUT2D eigenvalue weighted by Crippen LogP contribution is 2.22. The van der Waals surface area contributed by atoms with Crippen LogP contribution in [0.15, 0.2) is 6.07 Å². The topological polar surface area (TPSA) is 93.5 Å². The molecule has 1 aromatic rings. The summed E-state index contributed by atoms with van der Waals surface area (Å²) in [5.74, 6) is -1.02. The second-order valence-corrected chi connectivity index (χ2v) is 6.25. The zero-order valence-electron chi connectivity index (χ0n) is 13.3. The van der Waals surface area contributed by atoms with Crippen molar-refractivity contribution in [1.29, 1.82) is 0 Å². The lowest BCUT2D eigenvalue weighted by Gasteiger charge is -2.24. The van der Waals surface area contributed by atoms with Gasteiger partial charge in [0.2, 0.25) is 0 Å². The van der Waals surface area contributed by atoms with Crippen LogP contribution in [0.25, 0.3) is 0 Å². The zero-order chi connectivity index (χ0) is 16.4. The van der Waals surface area contributed by atoms with Crippen LogP contribution in [0, 0.1) is 5.92 Å². The monoisotopic (exact) mass is 297 g/mol. The van der Waals surface area contributed by atoms with Crippen LogP contribution in [0.3, 0.4) is 0 Å². The van der Waals surface area contributed by atoms with Gasteiger partial charge in [-0.2, -0.15) is 5.10 Å². The number of nitrogens with zero attached hydrogens (tertiary/aromatic N) is 2. The second kappa shape index (κ2) is 6.15. The van der Waals surface area contributed by atoms with Crippen molar-refractivity contribution in [2.75, 3.05) is 0 Å². The number of rotatable bonds is 4. The van der Waals surface area contributed by atoms with E-state index in [0.717, 1.165) is 0 Å². The quantitative estimate of drug-likeness (QED) is 0.889. The molecule has 0 radical (unpaired) electrons. The number of alkyl carbamates (subject to hydrolysis) is 1. The Morgan fingerprint density at radius 2 is 1.95 bits per heavy atom. The lowest BCUT2D eigenvalue weighted by atomic mass is 10.0. The van der Waals surface area contributed by atoms with Gasteiger partial charge in [-0.1, -0.05) is 13.8 Å². The van der Waals surface area contributed by atoms with Gasteiger partial charge in [0.1, 0.15) is 11.3 Å². The Hall–Kier alpha value is -2.05. The predicted molar refractivity (Wildman–Crippen MR) is 77.1 cm³/mol. The van der Waals surface area contributed by atoms with Crippen molar-refractivity contribution in [3.05, 3.63) is 17.5 Å². The van der Waals surface area contributed by atoms with Crippen LogP contribution in [0.2, 0.25) is 0 Å². The van der Waals surface area contributed by atoms with Crippen LogP contribution in [0.5, 0.6) is 0 Å². The molecule has 1 unspecified atom stereocenters. The standard InChI is InChI=1S/C14H23N3O4/c1-8(2)11(15-13(20)21-14(3,4)5)9-7-10(12(18)19)17(6)16-9/h7-8,11H,1-6H3,(H,15,20)(H,18,19). The molecule has 0 spiro atoms. The molecule has 0 aliphatic rings. The van der Waals surface area contributed by atoms with Crippen molar-refractivity contribution in [3.8, 4) is 0 Å². The highest BCUT2D eigenvalue weighted by molar-refractivity contribution is 5.85. The third-order valence-corrected chi connectivity index (χ3v) is 2.78. The van der Waals surface area contributed by atoms with Crippen LogP contribution in [0.4, 0.5) is 4.79 Å². The Morgan fingerprint density at radius 3 is 2.33 bits per heavy atom. The van der Waals surface area contributed by atoms with Gasteiger partial charge in [-0.3, -0.25) is 4.68 Å². The molecule has 1 aromatic heterocycles. The summed E-state index contributed by atoms with van der Waals surface area (Å²) in [6.07, 6.45) is -0.552. The minimum atomic E-state index is -1.06. The third kappa shape index (κ3) is 4.77. The zero-order valence-corrected chi connectivity index (χ0v) is 13.3. The molecule has 7 heteroatoms. The molecular weight excluding hydrogens is 274 g/mol. The maximum Gasteiger partial charge on any atom is 0.408 e. The first kappa shape index (κ1) is 17.0. The number of hydrogen-bond acceptors (Lipinski definition) is 4. The molecule has 1 heterocycles. The van der Waals surface area contributed by atoms with Crippen molar-refractivity contribution in [3.63, 3.8) is 0 Å². The lowest BCUT2D eigenvalue weighted by Crippen LogP contribution is -2.37. The fourth-order valence-corrected chi connectivity index (χ4v) is 1.86. The molecule has 0 saturated carbocycles. The molecule has 0 aromatic carbocycles. The van der Waals surface area contributed by atoms with Crippen molar-refractivity contribution in [2.45, 2.75) is 46.3 Å². The molecule has 0 saturated heterocycles. The minimum Gasteiger partial charge on any atom is -0.477 e. The molecule has 0 bridgehead atoms. The summed E-state index contributed by atoms with van der Waals surface area (Å²) in [4.78, 5) is 23.0. The Bertz CT molecular complexity index is 529. The van der Waals surface area contributed by atoms with Crippen LogP contribution in [-0.2, 0) is 11.8 Å². The fraction of sp³-hybridized carbons (Fsp3) is 0.643. The summed E-state index contributed by atoms with van der Waals surface area (Å²) in [5.41, 5.74) is -0.0282. The van der Waals surface area contributed by atoms with E-state index in [-0.39, 0.29) is 11.6 Å². The lowest BCUT2D eigenvalue weighted by molar-refractivity contribution is 0.0487. The summed E-state index contributed by atoms with van der Waals surface area (Å²) < 4.78 is 6.50. The molecule has 1 atom stereocenters. The number of carbonyl (C=O) groups excluding carboxylic acids is 1. The van der Waals surface area contributed by atoms with E-state index in [1.165, 1.54) is 10.7 Å². The van der Waals surface area contributed by atoms with Crippen LogP contribution in [-0.4, -0.2) is 32.6 Å². The van der Waals surface area contributed by atoms with Gasteiger partial charge >= 0.3 is 12.1 Å². The molecule has 1 rings (SSSR count). The number of carbonyl (C=O) groups is 2. The summed E-state index contributed by atoms with van der Waals surface area (Å²) >= 11 is 0. The number of carboxylic acid groups (broad SMARTS) is 1. The van der Waals surface area contributed by atoms with E-state index in [4.69, 9.17) is 9.84 Å². The van der Waals surface area contributed by atoms with Gasteiger partial charge in [0, 0.05) is 7.05 Å². The SMILES string of the molecule is CC(C)C(NC(=O)OC(C)(C)C)c1cc(C(=O)O)n(C)n1. The van der Waals surface area contributed by atoms with Gasteiger partial charge in [-0.25, -0.2) is 9.59 Å². The van der Waals surface area contributed by atoms with Crippen molar-refractivity contribution in [2.24, 2.45) is 13.0 Å². The normalized spacial score (nSPS) is 13.1. The van der Waals surface area contributed by atoms with Gasteiger partial charge in [-0.05, 0) is 32.8 Å². The molecule has 2 N–H and O–H groups in total. The Labute approximate surface area is 124 Å². The van der Waals surface area contributed by atoms with Gasteiger partial charge in [0.05, 0.1) is 11.7 Å². The highest BCUT2D eigenvalue weighted by atomic mass is 16.6. The first-order chi connectivity index (χ1) is 9.51. The van der Waals surface area contributed by atoms with Crippen LogP contribution >= 0.6 is 0 Å². The maximum absolute atomic E-state index is 11.9. The average Bonchev–Trinajstić information content (AvgIpc) is 2.65. The molecule has 118 valence electrons. The van der Waals surface area contributed by atoms with Crippen LogP contribution < -0.4 is 5.32 Å². The van der Waals surface area contributed by atoms with Crippen molar-refractivity contribution in [1.82, 2.24) is 15.1 Å². The first-order valence-electron chi connectivity index (χ1n) is 6.78. The van der Waals surface area contributed by atoms with Gasteiger partial charge in [-0.15, -0.1) is 0 Å². The fourth-order valence-electron chi connectivity index (χ4n) is 1.86. The van der Waals surface area contributed by atoms with Crippen molar-refractivity contribution >= 4 is 12.1 Å². The van der Waals surface area contributed by atoms with E-state index in [2.05, 4.69) is 10.4 Å². The summed E-state index contributed by atoms with van der Waals surface area (Å²) in [7, 11) is 1.55. The minimum absolute atomic E-state index is 0.0362. The maximum atomic E-state index is 11.9. The molecule has 0 fully saturated rings.